The summed E-state index contributed by atoms with van der Waals surface area (Å²) in [5.41, 5.74) is 3.56. The van der Waals surface area contributed by atoms with Crippen molar-refractivity contribution < 1.29 is 13.2 Å². The Labute approximate surface area is 201 Å². The van der Waals surface area contributed by atoms with Crippen LogP contribution in [0.2, 0.25) is 0 Å². The summed E-state index contributed by atoms with van der Waals surface area (Å²) in [4.78, 5) is 17.5. The molecule has 0 spiro atoms. The average molecular weight is 482 g/mol. The van der Waals surface area contributed by atoms with E-state index in [2.05, 4.69) is 22.1 Å². The average Bonchev–Trinajstić information content (AvgIpc) is 3.10. The van der Waals surface area contributed by atoms with Crippen LogP contribution in [-0.4, -0.2) is 61.7 Å². The smallest absolute Gasteiger partial charge is 0.268 e. The van der Waals surface area contributed by atoms with Gasteiger partial charge >= 0.3 is 0 Å². The lowest BCUT2D eigenvalue weighted by molar-refractivity contribution is -0.129. The number of nitrogens with zero attached hydrogens (tertiary/aromatic N) is 5. The Morgan fingerprint density at radius 3 is 2.12 bits per heavy atom. The normalized spacial score (nSPS) is 14.4. The molecule has 1 aliphatic rings. The Bertz CT molecular complexity index is 1260. The van der Waals surface area contributed by atoms with Gasteiger partial charge in [-0.2, -0.15) is 5.10 Å². The van der Waals surface area contributed by atoms with Crippen LogP contribution >= 0.6 is 0 Å². The van der Waals surface area contributed by atoms with E-state index in [1.54, 1.807) is 42.6 Å². The van der Waals surface area contributed by atoms with Gasteiger partial charge in [0.1, 0.15) is 11.4 Å². The van der Waals surface area contributed by atoms with Crippen LogP contribution in [0.3, 0.4) is 0 Å². The number of piperazine rings is 1. The summed E-state index contributed by atoms with van der Waals surface area (Å²) in [6.45, 7) is 7.57. The summed E-state index contributed by atoms with van der Waals surface area (Å²) < 4.78 is 30.4. The topological polar surface area (TPSA) is 78.8 Å². The lowest BCUT2D eigenvalue weighted by Gasteiger charge is -2.37. The highest BCUT2D eigenvalue weighted by atomic mass is 32.2. The second-order valence-electron chi connectivity index (χ2n) is 8.67. The maximum Gasteiger partial charge on any atom is 0.268 e. The largest absolute Gasteiger partial charge is 0.368 e. The molecular weight excluding hydrogens is 450 g/mol. The molecule has 4 rings (SSSR count). The number of amides is 1. The van der Waals surface area contributed by atoms with E-state index in [9.17, 15) is 13.2 Å². The van der Waals surface area contributed by atoms with Crippen molar-refractivity contribution in [3.05, 3.63) is 71.5 Å². The van der Waals surface area contributed by atoms with Crippen molar-refractivity contribution in [2.45, 2.75) is 25.7 Å². The number of aromatic nitrogens is 2. The third kappa shape index (κ3) is 4.65. The van der Waals surface area contributed by atoms with Gasteiger partial charge in [0.2, 0.25) is 5.91 Å². The fourth-order valence-corrected chi connectivity index (χ4v) is 6.16. The first kappa shape index (κ1) is 23.8. The highest BCUT2D eigenvalue weighted by molar-refractivity contribution is 7.93. The first-order valence-corrected chi connectivity index (χ1v) is 12.8. The Balaban J connectivity index is 1.58. The molecule has 1 fully saturated rings. The molecule has 2 aromatic carbocycles. The Kier molecular flexibility index (Phi) is 6.65. The number of hydrogen-bond donors (Lipinski definition) is 0. The lowest BCUT2D eigenvalue weighted by atomic mass is 10.2. The minimum atomic E-state index is -4.00. The van der Waals surface area contributed by atoms with Crippen molar-refractivity contribution in [3.63, 3.8) is 0 Å². The van der Waals surface area contributed by atoms with E-state index in [1.165, 1.54) is 4.31 Å². The predicted molar refractivity (Wildman–Crippen MR) is 134 cm³/mol. The van der Waals surface area contributed by atoms with Crippen LogP contribution in [-0.2, 0) is 21.9 Å². The monoisotopic (exact) mass is 481 g/mol. The minimum Gasteiger partial charge on any atom is -0.368 e. The highest BCUT2D eigenvalue weighted by Crippen LogP contribution is 2.28. The lowest BCUT2D eigenvalue weighted by Crippen LogP contribution is -2.52. The standard InChI is InChI=1S/C25H31N5O3S/c1-19-10-12-23(13-11-19)30(34(32,33)25-20(2)26-27(4)21(25)3)18-24(31)29-16-14-28(15-17-29)22-8-6-5-7-9-22/h5-13H,14-18H2,1-4H3. The maximum atomic E-state index is 13.8. The maximum absolute atomic E-state index is 13.8. The zero-order valence-electron chi connectivity index (χ0n) is 20.1. The molecule has 0 saturated carbocycles. The number of sulfonamides is 1. The summed E-state index contributed by atoms with van der Waals surface area (Å²) >= 11 is 0. The second-order valence-corrected chi connectivity index (χ2v) is 10.5. The fraction of sp³-hybridized carbons (Fsp3) is 0.360. The van der Waals surface area contributed by atoms with Crippen molar-refractivity contribution in [2.75, 3.05) is 41.9 Å². The van der Waals surface area contributed by atoms with E-state index in [0.29, 0.717) is 43.3 Å². The quantitative estimate of drug-likeness (QED) is 0.541. The number of hydrogen-bond acceptors (Lipinski definition) is 5. The molecule has 1 saturated heterocycles. The van der Waals surface area contributed by atoms with Crippen molar-refractivity contribution in [1.29, 1.82) is 0 Å². The summed E-state index contributed by atoms with van der Waals surface area (Å²) in [6, 6.07) is 17.3. The fourth-order valence-electron chi connectivity index (χ4n) is 4.34. The van der Waals surface area contributed by atoms with Crippen molar-refractivity contribution in [3.8, 4) is 0 Å². The molecule has 9 heteroatoms. The van der Waals surface area contributed by atoms with Crippen molar-refractivity contribution >= 4 is 27.3 Å². The van der Waals surface area contributed by atoms with E-state index in [-0.39, 0.29) is 17.3 Å². The molecule has 0 aliphatic carbocycles. The van der Waals surface area contributed by atoms with Gasteiger partial charge in [-0.05, 0) is 45.0 Å². The minimum absolute atomic E-state index is 0.150. The van der Waals surface area contributed by atoms with Crippen LogP contribution in [0.15, 0.2) is 59.5 Å². The number of benzene rings is 2. The summed E-state index contributed by atoms with van der Waals surface area (Å²) in [7, 11) is -2.29. The number of anilines is 2. The molecule has 180 valence electrons. The van der Waals surface area contributed by atoms with Gasteiger partial charge in [-0.3, -0.25) is 13.8 Å². The van der Waals surface area contributed by atoms with E-state index in [1.807, 2.05) is 37.3 Å². The number of para-hydroxylation sites is 1. The molecule has 0 radical (unpaired) electrons. The first-order chi connectivity index (χ1) is 16.2. The van der Waals surface area contributed by atoms with Crippen LogP contribution in [0.1, 0.15) is 17.0 Å². The summed E-state index contributed by atoms with van der Waals surface area (Å²) in [6.07, 6.45) is 0. The van der Waals surface area contributed by atoms with E-state index in [0.717, 1.165) is 11.3 Å². The van der Waals surface area contributed by atoms with E-state index < -0.39 is 10.0 Å². The number of carbonyl (C=O) groups is 1. The molecule has 2 heterocycles. The molecule has 8 nitrogen and oxygen atoms in total. The molecule has 34 heavy (non-hydrogen) atoms. The number of carbonyl (C=O) groups excluding carboxylic acids is 1. The van der Waals surface area contributed by atoms with Crippen LogP contribution < -0.4 is 9.21 Å². The van der Waals surface area contributed by atoms with Crippen molar-refractivity contribution in [1.82, 2.24) is 14.7 Å². The van der Waals surface area contributed by atoms with Gasteiger partial charge in [0.05, 0.1) is 17.1 Å². The van der Waals surface area contributed by atoms with Gasteiger partial charge in [-0.15, -0.1) is 0 Å². The molecule has 1 amide bonds. The molecular formula is C25H31N5O3S. The van der Waals surface area contributed by atoms with Gasteiger partial charge < -0.3 is 9.80 Å². The number of rotatable bonds is 6. The van der Waals surface area contributed by atoms with Gasteiger partial charge in [-0.25, -0.2) is 8.42 Å². The van der Waals surface area contributed by atoms with E-state index >= 15 is 0 Å². The van der Waals surface area contributed by atoms with Gasteiger partial charge in [-0.1, -0.05) is 35.9 Å². The SMILES string of the molecule is Cc1ccc(N(CC(=O)N2CCN(c3ccccc3)CC2)S(=O)(=O)c2c(C)nn(C)c2C)cc1. The molecule has 1 aliphatic heterocycles. The molecule has 0 atom stereocenters. The van der Waals surface area contributed by atoms with Crippen LogP contribution in [0.5, 0.6) is 0 Å². The zero-order chi connectivity index (χ0) is 24.5. The summed E-state index contributed by atoms with van der Waals surface area (Å²) in [5, 5.41) is 4.28. The molecule has 1 aromatic heterocycles. The van der Waals surface area contributed by atoms with Crippen LogP contribution in [0.4, 0.5) is 11.4 Å². The van der Waals surface area contributed by atoms with Crippen LogP contribution in [0.25, 0.3) is 0 Å². The Hall–Kier alpha value is -3.33. The number of aryl methyl sites for hydroxylation is 3. The summed E-state index contributed by atoms with van der Waals surface area (Å²) in [5.74, 6) is -0.212. The van der Waals surface area contributed by atoms with Crippen molar-refractivity contribution in [2.24, 2.45) is 7.05 Å². The van der Waals surface area contributed by atoms with Crippen LogP contribution in [0, 0.1) is 20.8 Å². The third-order valence-electron chi connectivity index (χ3n) is 6.35. The molecule has 0 unspecified atom stereocenters. The Morgan fingerprint density at radius 2 is 1.56 bits per heavy atom. The van der Waals surface area contributed by atoms with Gasteiger partial charge in [0, 0.05) is 38.9 Å². The molecule has 0 bridgehead atoms. The first-order valence-electron chi connectivity index (χ1n) is 11.4. The van der Waals surface area contributed by atoms with E-state index in [4.69, 9.17) is 0 Å². The highest BCUT2D eigenvalue weighted by Gasteiger charge is 2.34. The third-order valence-corrected chi connectivity index (χ3v) is 8.37. The second kappa shape index (κ2) is 9.50. The zero-order valence-corrected chi connectivity index (χ0v) is 20.9. The Morgan fingerprint density at radius 1 is 0.941 bits per heavy atom. The predicted octanol–water partition coefficient (Wildman–Crippen LogP) is 2.89. The molecule has 0 N–H and O–H groups in total. The van der Waals surface area contributed by atoms with Gasteiger partial charge in [0.25, 0.3) is 10.0 Å². The van der Waals surface area contributed by atoms with Gasteiger partial charge in [0.15, 0.2) is 0 Å². The molecule has 3 aromatic rings.